The molecule has 1 atom stereocenters. The summed E-state index contributed by atoms with van der Waals surface area (Å²) >= 11 is 0. The molecule has 73 valence electrons. The largest absolute Gasteiger partial charge is 0.317 e. The normalized spacial score (nSPS) is 24.2. The Labute approximate surface area is 127 Å². The van der Waals surface area contributed by atoms with Crippen LogP contribution < -0.4 is 5.32 Å². The van der Waals surface area contributed by atoms with Crippen LogP contribution in [0.25, 0.3) is 0 Å². The first kappa shape index (κ1) is 14.8. The molecule has 0 unspecified atom stereocenters. The fraction of sp³-hybridized carbons (Fsp3) is 1.00. The van der Waals surface area contributed by atoms with Crippen molar-refractivity contribution in [1.29, 1.82) is 0 Å². The van der Waals surface area contributed by atoms with Crippen LogP contribution in [-0.4, -0.2) is 72.5 Å². The van der Waals surface area contributed by atoms with Crippen molar-refractivity contribution in [3.05, 3.63) is 0 Å². The third-order valence-corrected chi connectivity index (χ3v) is 10.4. The van der Waals surface area contributed by atoms with Gasteiger partial charge in [0.15, 0.2) is 0 Å². The summed E-state index contributed by atoms with van der Waals surface area (Å²) in [7, 11) is -1.03. The first-order valence-electron chi connectivity index (χ1n) is 5.06. The van der Waals surface area contributed by atoms with Crippen LogP contribution in [0.4, 0.5) is 0 Å². The minimum atomic E-state index is -1.03. The molecule has 0 aromatic carbocycles. The second-order valence-electron chi connectivity index (χ2n) is 5.66. The van der Waals surface area contributed by atoms with E-state index >= 15 is 0 Å². The van der Waals surface area contributed by atoms with E-state index in [1.165, 1.54) is 19.5 Å². The van der Waals surface area contributed by atoms with E-state index in [4.69, 9.17) is 0 Å². The van der Waals surface area contributed by atoms with Gasteiger partial charge in [0, 0.05) is 51.4 Å². The van der Waals surface area contributed by atoms with E-state index in [2.05, 4.69) is 39.2 Å². The molecule has 0 amide bonds. The number of rotatable bonds is 1. The second kappa shape index (κ2) is 5.24. The third kappa shape index (κ3) is 3.40. The SMILES string of the molecule is CC(C)(C)[Si](C)(C)[C@@H]1CCNC1.[K]. The molecular weight excluding hydrogens is 201 g/mol. The average molecular weight is 224 g/mol. The van der Waals surface area contributed by atoms with E-state index in [0.29, 0.717) is 5.04 Å². The molecule has 1 rings (SSSR count). The van der Waals surface area contributed by atoms with Crippen LogP contribution in [0.2, 0.25) is 23.7 Å². The summed E-state index contributed by atoms with van der Waals surface area (Å²) in [5.41, 5.74) is 0.998. The molecule has 0 spiro atoms. The Morgan fingerprint density at radius 2 is 1.77 bits per heavy atom. The zero-order valence-corrected chi connectivity index (χ0v) is 14.3. The van der Waals surface area contributed by atoms with Gasteiger partial charge in [-0.3, -0.25) is 0 Å². The van der Waals surface area contributed by atoms with Crippen molar-refractivity contribution in [2.45, 2.75) is 50.9 Å². The minimum absolute atomic E-state index is 0. The van der Waals surface area contributed by atoms with Gasteiger partial charge in [-0.25, -0.2) is 0 Å². The molecule has 1 saturated heterocycles. The van der Waals surface area contributed by atoms with E-state index in [-0.39, 0.29) is 51.4 Å². The van der Waals surface area contributed by atoms with E-state index in [0.717, 1.165) is 5.54 Å². The standard InChI is InChI=1S/C10H23NSi.K/c1-10(2,3)12(4,5)9-6-7-11-8-9;/h9,11H,6-8H2,1-5H3;/t9-;/m1./s1. The van der Waals surface area contributed by atoms with Crippen molar-refractivity contribution in [2.24, 2.45) is 0 Å². The van der Waals surface area contributed by atoms with E-state index < -0.39 is 8.07 Å². The van der Waals surface area contributed by atoms with E-state index in [9.17, 15) is 0 Å². The predicted octanol–water partition coefficient (Wildman–Crippen LogP) is 2.48. The molecule has 1 fully saturated rings. The number of nitrogens with one attached hydrogen (secondary N) is 1. The van der Waals surface area contributed by atoms with Crippen molar-refractivity contribution in [3.8, 4) is 0 Å². The smallest absolute Gasteiger partial charge is 0.0571 e. The predicted molar refractivity (Wildman–Crippen MR) is 64.2 cm³/mol. The molecule has 3 heteroatoms. The monoisotopic (exact) mass is 224 g/mol. The first-order valence-corrected chi connectivity index (χ1v) is 8.14. The summed E-state index contributed by atoms with van der Waals surface area (Å²) in [6.45, 7) is 14.9. The van der Waals surface area contributed by atoms with Gasteiger partial charge in [-0.05, 0) is 30.1 Å². The molecule has 1 radical (unpaired) electrons. The van der Waals surface area contributed by atoms with Crippen LogP contribution >= 0.6 is 0 Å². The Hall–Kier alpha value is 1.81. The summed E-state index contributed by atoms with van der Waals surface area (Å²) < 4.78 is 0. The Balaban J connectivity index is 0.00000144. The van der Waals surface area contributed by atoms with Gasteiger partial charge in [-0.2, -0.15) is 0 Å². The molecule has 1 nitrogen and oxygen atoms in total. The minimum Gasteiger partial charge on any atom is -0.317 e. The van der Waals surface area contributed by atoms with Crippen molar-refractivity contribution in [2.75, 3.05) is 13.1 Å². The topological polar surface area (TPSA) is 12.0 Å². The van der Waals surface area contributed by atoms with Crippen molar-refractivity contribution in [1.82, 2.24) is 5.32 Å². The summed E-state index contributed by atoms with van der Waals surface area (Å²) in [6, 6.07) is 0. The van der Waals surface area contributed by atoms with E-state index in [1.54, 1.807) is 0 Å². The summed E-state index contributed by atoms with van der Waals surface area (Å²) in [5, 5.41) is 4.04. The van der Waals surface area contributed by atoms with Crippen LogP contribution in [0.15, 0.2) is 0 Å². The molecule has 0 saturated carbocycles. The van der Waals surface area contributed by atoms with Gasteiger partial charge in [0.1, 0.15) is 0 Å². The maximum absolute atomic E-state index is 3.49. The summed E-state index contributed by atoms with van der Waals surface area (Å²) in [4.78, 5) is 0. The molecule has 1 aliphatic heterocycles. The molecule has 13 heavy (non-hydrogen) atoms. The molecule has 1 heterocycles. The van der Waals surface area contributed by atoms with Crippen LogP contribution in [0.5, 0.6) is 0 Å². The first-order chi connectivity index (χ1) is 5.36. The quantitative estimate of drug-likeness (QED) is 0.675. The molecule has 0 bridgehead atoms. The van der Waals surface area contributed by atoms with Gasteiger partial charge < -0.3 is 5.32 Å². The van der Waals surface area contributed by atoms with Crippen LogP contribution in [0.1, 0.15) is 27.2 Å². The fourth-order valence-corrected chi connectivity index (χ4v) is 4.63. The zero-order chi connectivity index (χ0) is 9.41. The Morgan fingerprint density at radius 3 is 2.08 bits per heavy atom. The molecule has 0 aromatic heterocycles. The van der Waals surface area contributed by atoms with E-state index in [1.807, 2.05) is 0 Å². The molecule has 1 aliphatic rings. The molecule has 0 aromatic rings. The van der Waals surface area contributed by atoms with Crippen LogP contribution in [0.3, 0.4) is 0 Å². The maximum Gasteiger partial charge on any atom is 0.0571 e. The summed E-state index contributed by atoms with van der Waals surface area (Å²) in [5.74, 6) is 0. The van der Waals surface area contributed by atoms with Gasteiger partial charge in [-0.1, -0.05) is 33.9 Å². The fourth-order valence-electron chi connectivity index (χ4n) is 1.88. The second-order valence-corrected chi connectivity index (χ2v) is 11.4. The zero-order valence-electron chi connectivity index (χ0n) is 10.2. The molecule has 1 N–H and O–H groups in total. The molecule has 0 aliphatic carbocycles. The van der Waals surface area contributed by atoms with Crippen molar-refractivity contribution in [3.63, 3.8) is 0 Å². The van der Waals surface area contributed by atoms with Gasteiger partial charge in [-0.15, -0.1) is 0 Å². The van der Waals surface area contributed by atoms with Crippen molar-refractivity contribution < 1.29 is 0 Å². The van der Waals surface area contributed by atoms with Gasteiger partial charge in [0.2, 0.25) is 0 Å². The van der Waals surface area contributed by atoms with Crippen LogP contribution in [0, 0.1) is 0 Å². The number of hydrogen-bond donors (Lipinski definition) is 1. The van der Waals surface area contributed by atoms with Crippen molar-refractivity contribution >= 4 is 59.5 Å². The Kier molecular flexibility index (Phi) is 5.97. The van der Waals surface area contributed by atoms with Gasteiger partial charge >= 0.3 is 0 Å². The maximum atomic E-state index is 3.49. The Bertz CT molecular complexity index is 157. The van der Waals surface area contributed by atoms with Gasteiger partial charge in [0.05, 0.1) is 8.07 Å². The number of hydrogen-bond acceptors (Lipinski definition) is 1. The Morgan fingerprint density at radius 1 is 1.23 bits per heavy atom. The molecular formula is C10H23KNSi. The van der Waals surface area contributed by atoms with Gasteiger partial charge in [0.25, 0.3) is 0 Å². The van der Waals surface area contributed by atoms with Crippen LogP contribution in [-0.2, 0) is 0 Å². The average Bonchev–Trinajstić information content (AvgIpc) is 2.34. The summed E-state index contributed by atoms with van der Waals surface area (Å²) in [6.07, 6.45) is 1.41. The third-order valence-electron chi connectivity index (χ3n) is 4.01.